The number of rotatable bonds is 9. The molecule has 6 aromatic rings. The lowest BCUT2D eigenvalue weighted by Crippen LogP contribution is -2.48. The van der Waals surface area contributed by atoms with Gasteiger partial charge in [0.15, 0.2) is 34.9 Å². The van der Waals surface area contributed by atoms with E-state index in [1.165, 1.54) is 35.4 Å². The number of nitrogen functional groups attached to an aromatic ring is 1. The van der Waals surface area contributed by atoms with Crippen LogP contribution in [-0.4, -0.2) is 134 Å². The molecule has 4 fully saturated rings. The summed E-state index contributed by atoms with van der Waals surface area (Å²) in [7, 11) is 0. The van der Waals surface area contributed by atoms with Gasteiger partial charge in [0.05, 0.1) is 54.2 Å². The van der Waals surface area contributed by atoms with Gasteiger partial charge in [-0.1, -0.05) is 24.3 Å². The fraction of sp³-hybridized carbons (Fsp3) is 0.431. The zero-order valence-electron chi connectivity index (χ0n) is 42.6. The van der Waals surface area contributed by atoms with Crippen LogP contribution in [0, 0.1) is 0 Å². The second-order valence-electron chi connectivity index (χ2n) is 19.8. The van der Waals surface area contributed by atoms with Gasteiger partial charge in [-0.3, -0.25) is 10.2 Å². The smallest absolute Gasteiger partial charge is 0.416 e. The van der Waals surface area contributed by atoms with Gasteiger partial charge in [0.1, 0.15) is 37.1 Å². The van der Waals surface area contributed by atoms with Gasteiger partial charge in [-0.2, -0.15) is 36.3 Å². The molecule has 12 rings (SSSR count). The molecule has 4 aromatic heterocycles. The number of urea groups is 1. The molecule has 21 nitrogen and oxygen atoms in total. The molecule has 4 N–H and O–H groups in total. The Bertz CT molecular complexity index is 3140. The van der Waals surface area contributed by atoms with Crippen molar-refractivity contribution in [1.29, 1.82) is 0 Å². The molecular formula is C51H54F6N14O7. The summed E-state index contributed by atoms with van der Waals surface area (Å²) in [5.41, 5.74) is 6.12. The largest absolute Gasteiger partial charge is 0.461 e. The topological polar surface area (TPSA) is 235 Å². The Balaban J connectivity index is 0.000000151. The molecule has 0 unspecified atom stereocenters. The first-order valence-corrected chi connectivity index (χ1v) is 24.9. The number of nitrogens with zero attached hydrogens (tertiary/aromatic N) is 11. The van der Waals surface area contributed by atoms with E-state index < -0.39 is 41.1 Å². The summed E-state index contributed by atoms with van der Waals surface area (Å²) in [4.78, 5) is 53.1. The molecule has 78 heavy (non-hydrogen) atoms. The zero-order valence-corrected chi connectivity index (χ0v) is 42.6. The Morgan fingerprint density at radius 2 is 1.28 bits per heavy atom. The SMILES string of the molecule is CC1(C)OC[C@H](COc2nccc(N)n2)O1.CC1(C)OC[C@H](COc2nccc(NC(=O)N3c4nc(-c5cccc(C(F)(F)F)c5)ncc4N4CC[C@H]3C4)n2)O1.FC(F)(F)c1cccc(-c2ncc3c(n2)N[C@H]2CCN3C2)c1. The normalized spacial score (nSPS) is 21.3. The predicted octanol–water partition coefficient (Wildman–Crippen LogP) is 7.87. The summed E-state index contributed by atoms with van der Waals surface area (Å²) >= 11 is 0. The number of nitrogens with two attached hydrogens (primary N) is 1. The summed E-state index contributed by atoms with van der Waals surface area (Å²) in [5.74, 6) is 0.794. The third-order valence-electron chi connectivity index (χ3n) is 13.1. The van der Waals surface area contributed by atoms with Gasteiger partial charge in [0, 0.05) is 55.7 Å². The number of benzene rings is 2. The Morgan fingerprint density at radius 1 is 0.718 bits per heavy atom. The number of alkyl halides is 6. The third-order valence-corrected chi connectivity index (χ3v) is 13.1. The van der Waals surface area contributed by atoms with E-state index in [2.05, 4.69) is 60.3 Å². The first-order valence-electron chi connectivity index (χ1n) is 24.9. The van der Waals surface area contributed by atoms with E-state index in [9.17, 15) is 31.1 Å². The molecule has 6 aliphatic heterocycles. The van der Waals surface area contributed by atoms with Crippen molar-refractivity contribution in [3.8, 4) is 34.8 Å². The number of fused-ring (bicyclic) bond motifs is 8. The molecule has 2 aromatic carbocycles. The van der Waals surface area contributed by atoms with Crippen LogP contribution in [0.5, 0.6) is 12.0 Å². The van der Waals surface area contributed by atoms with Crippen LogP contribution in [0.25, 0.3) is 22.8 Å². The Kier molecular flexibility index (Phi) is 14.8. The average Bonchev–Trinajstić information content (AvgIpc) is 4.33. The number of carbonyl (C=O) groups excluding carboxylic acids is 1. The molecule has 4 bridgehead atoms. The van der Waals surface area contributed by atoms with Crippen LogP contribution >= 0.6 is 0 Å². The number of hydrogen-bond donors (Lipinski definition) is 3. The molecule has 0 saturated carbocycles. The minimum Gasteiger partial charge on any atom is -0.461 e. The van der Waals surface area contributed by atoms with Crippen molar-refractivity contribution in [3.05, 3.63) is 96.6 Å². The van der Waals surface area contributed by atoms with Crippen LogP contribution in [0.4, 0.5) is 65.8 Å². The summed E-state index contributed by atoms with van der Waals surface area (Å²) in [6.45, 7) is 11.9. The number of ether oxygens (including phenoxy) is 6. The quantitative estimate of drug-likeness (QED) is 0.117. The van der Waals surface area contributed by atoms with E-state index in [0.717, 1.165) is 49.5 Å². The summed E-state index contributed by atoms with van der Waals surface area (Å²) in [6, 6.07) is 13.0. The highest BCUT2D eigenvalue weighted by Crippen LogP contribution is 2.41. The molecule has 0 aliphatic carbocycles. The Morgan fingerprint density at radius 3 is 1.87 bits per heavy atom. The highest BCUT2D eigenvalue weighted by atomic mass is 19.4. The standard InChI is InChI=1S/C26H26F3N7O4.C15H13F3N4.C10H15N3O3/c1-25(2)39-14-18(40-25)13-38-23-30-8-6-20(32-23)33-24(37)36-17-7-9-35(12-17)19-11-31-21(34-22(19)36)15-4-3-5-16(10-15)26(27,28)29;16-15(17,18)10-3-1-2-9(6-10)13-19-7-12-14(21-13)20-11-4-5-22(12)8-11;1-10(2)15-6-7(16-10)5-14-9-12-4-3-8(11)13-9/h3-6,8,10-11,17-18H,7,9,12-14H2,1-2H3,(H,30,32,33,37);1-3,6-7,11H,4-5,8H2,(H,19,20,21);3-4,7H,5-6H2,1-2H3,(H2,11,12,13)/t17-,18-;11-;7-/m000/s1. The maximum atomic E-state index is 13.6. The Labute approximate surface area is 442 Å². The zero-order chi connectivity index (χ0) is 55.0. The molecule has 4 saturated heterocycles. The lowest BCUT2D eigenvalue weighted by atomic mass is 10.1. The van der Waals surface area contributed by atoms with Crippen LogP contribution in [0.3, 0.4) is 0 Å². The van der Waals surface area contributed by atoms with Gasteiger partial charge < -0.3 is 49.3 Å². The minimum absolute atomic E-state index is 0.0614. The maximum absolute atomic E-state index is 13.6. The lowest BCUT2D eigenvalue weighted by molar-refractivity contribution is -0.142. The number of aromatic nitrogens is 8. The molecule has 2 amide bonds. The second-order valence-corrected chi connectivity index (χ2v) is 19.8. The molecule has 0 spiro atoms. The van der Waals surface area contributed by atoms with Crippen molar-refractivity contribution < 1.29 is 59.6 Å². The van der Waals surface area contributed by atoms with Crippen LogP contribution in [0.15, 0.2) is 85.5 Å². The molecular weight excluding hydrogens is 1030 g/mol. The Hall–Kier alpha value is -7.75. The molecule has 412 valence electrons. The average molecular weight is 1090 g/mol. The third kappa shape index (κ3) is 12.6. The summed E-state index contributed by atoms with van der Waals surface area (Å²) in [6.07, 6.45) is -1.27. The van der Waals surface area contributed by atoms with Crippen molar-refractivity contribution in [3.63, 3.8) is 0 Å². The van der Waals surface area contributed by atoms with E-state index in [0.29, 0.717) is 79.9 Å². The number of amides is 2. The van der Waals surface area contributed by atoms with Gasteiger partial charge in [-0.15, -0.1) is 0 Å². The van der Waals surface area contributed by atoms with E-state index in [1.807, 2.05) is 27.7 Å². The fourth-order valence-corrected chi connectivity index (χ4v) is 9.42. The van der Waals surface area contributed by atoms with Crippen LogP contribution < -0.4 is 40.5 Å². The van der Waals surface area contributed by atoms with Crippen LogP contribution in [0.2, 0.25) is 0 Å². The lowest BCUT2D eigenvalue weighted by Gasteiger charge is -2.35. The molecule has 4 atom stereocenters. The van der Waals surface area contributed by atoms with E-state index in [-0.39, 0.29) is 54.1 Å². The van der Waals surface area contributed by atoms with Gasteiger partial charge in [-0.25, -0.2) is 34.7 Å². The second kappa shape index (κ2) is 21.6. The van der Waals surface area contributed by atoms with E-state index in [1.54, 1.807) is 30.7 Å². The van der Waals surface area contributed by atoms with Crippen molar-refractivity contribution in [2.24, 2.45) is 0 Å². The monoisotopic (exact) mass is 1090 g/mol. The molecule has 10 heterocycles. The number of halogens is 6. The minimum atomic E-state index is -4.50. The van der Waals surface area contributed by atoms with Crippen LogP contribution in [-0.2, 0) is 31.3 Å². The fourth-order valence-electron chi connectivity index (χ4n) is 9.42. The number of carbonyl (C=O) groups is 1. The highest BCUT2D eigenvalue weighted by Gasteiger charge is 2.42. The molecule has 0 radical (unpaired) electrons. The van der Waals surface area contributed by atoms with Crippen molar-refractivity contribution in [2.45, 2.75) is 88.8 Å². The van der Waals surface area contributed by atoms with Gasteiger partial charge >= 0.3 is 30.4 Å². The first kappa shape index (κ1) is 53.6. The van der Waals surface area contributed by atoms with E-state index in [4.69, 9.17) is 34.2 Å². The van der Waals surface area contributed by atoms with Gasteiger partial charge in [0.25, 0.3) is 0 Å². The highest BCUT2D eigenvalue weighted by molar-refractivity contribution is 6.04. The number of hydrogen-bond acceptors (Lipinski definition) is 19. The van der Waals surface area contributed by atoms with Crippen molar-refractivity contribution in [2.75, 3.05) is 83.7 Å². The van der Waals surface area contributed by atoms with Crippen molar-refractivity contribution >= 4 is 40.7 Å². The van der Waals surface area contributed by atoms with Gasteiger partial charge in [-0.05, 0) is 76.9 Å². The van der Waals surface area contributed by atoms with E-state index >= 15 is 0 Å². The maximum Gasteiger partial charge on any atom is 0.416 e. The first-order chi connectivity index (χ1) is 37.1. The number of anilines is 6. The molecule has 6 aliphatic rings. The number of nitrogens with one attached hydrogen (secondary N) is 2. The summed E-state index contributed by atoms with van der Waals surface area (Å²) < 4.78 is 112. The molecule has 27 heteroatoms. The van der Waals surface area contributed by atoms with Crippen LogP contribution in [0.1, 0.15) is 51.7 Å². The van der Waals surface area contributed by atoms with Gasteiger partial charge in [0.2, 0.25) is 0 Å². The summed E-state index contributed by atoms with van der Waals surface area (Å²) in [5, 5.41) is 6.11. The predicted molar refractivity (Wildman–Crippen MR) is 271 cm³/mol. The van der Waals surface area contributed by atoms with Crippen molar-refractivity contribution in [1.82, 2.24) is 39.9 Å².